The molecule has 1 aliphatic carbocycles. The number of hydrogen-bond donors (Lipinski definition) is 1. The zero-order valence-electron chi connectivity index (χ0n) is 12.2. The Labute approximate surface area is 121 Å². The van der Waals surface area contributed by atoms with Gasteiger partial charge in [-0.3, -0.25) is 4.68 Å². The van der Waals surface area contributed by atoms with Gasteiger partial charge in [-0.2, -0.15) is 5.10 Å². The zero-order valence-corrected chi connectivity index (χ0v) is 12.9. The van der Waals surface area contributed by atoms with Gasteiger partial charge in [0.25, 0.3) is 0 Å². The average molecular weight is 284 g/mol. The predicted octanol–water partition coefficient (Wildman–Crippen LogP) is 4.08. The van der Waals surface area contributed by atoms with Gasteiger partial charge in [0, 0.05) is 7.05 Å². The van der Waals surface area contributed by atoms with Crippen LogP contribution in [0, 0.1) is 5.92 Å². The lowest BCUT2D eigenvalue weighted by molar-refractivity contribution is 0.312. The van der Waals surface area contributed by atoms with Gasteiger partial charge in [0.2, 0.25) is 0 Å². The summed E-state index contributed by atoms with van der Waals surface area (Å²) in [5.74, 6) is 0.918. The molecule has 1 aliphatic rings. The van der Waals surface area contributed by atoms with Crippen LogP contribution in [-0.2, 0) is 7.05 Å². The number of rotatable bonds is 6. The van der Waals surface area contributed by atoms with E-state index in [4.69, 9.17) is 11.6 Å². The second-order valence-electron chi connectivity index (χ2n) is 5.69. The van der Waals surface area contributed by atoms with Crippen LogP contribution in [0.4, 0.5) is 0 Å². The maximum atomic E-state index is 6.27. The van der Waals surface area contributed by atoms with Gasteiger partial charge < -0.3 is 5.32 Å². The molecule has 108 valence electrons. The summed E-state index contributed by atoms with van der Waals surface area (Å²) < 4.78 is 1.91. The monoisotopic (exact) mass is 283 g/mol. The number of hydrogen-bond acceptors (Lipinski definition) is 2. The zero-order chi connectivity index (χ0) is 13.7. The number of nitrogens with zero attached hydrogens (tertiary/aromatic N) is 2. The van der Waals surface area contributed by atoms with Crippen LogP contribution in [-0.4, -0.2) is 16.3 Å². The SMILES string of the molecule is CCNC(CCC1CCCCC1)c1c(Cl)cnn1C. The van der Waals surface area contributed by atoms with E-state index in [1.807, 2.05) is 11.7 Å². The van der Waals surface area contributed by atoms with E-state index in [1.165, 1.54) is 38.5 Å². The Bertz CT molecular complexity index is 363. The van der Waals surface area contributed by atoms with Gasteiger partial charge in [0.1, 0.15) is 0 Å². The van der Waals surface area contributed by atoms with Crippen LogP contribution in [0.2, 0.25) is 5.02 Å². The molecular weight excluding hydrogens is 258 g/mol. The van der Waals surface area contributed by atoms with E-state index in [1.54, 1.807) is 6.20 Å². The van der Waals surface area contributed by atoms with Crippen molar-refractivity contribution >= 4 is 11.6 Å². The first-order valence-corrected chi connectivity index (χ1v) is 8.01. The summed E-state index contributed by atoms with van der Waals surface area (Å²) in [6, 6.07) is 0.340. The molecule has 1 heterocycles. The van der Waals surface area contributed by atoms with Crippen LogP contribution < -0.4 is 5.32 Å². The summed E-state index contributed by atoms with van der Waals surface area (Å²) in [5, 5.41) is 8.61. The second kappa shape index (κ2) is 7.30. The van der Waals surface area contributed by atoms with Crippen LogP contribution in [0.1, 0.15) is 63.6 Å². The molecule has 3 nitrogen and oxygen atoms in total. The van der Waals surface area contributed by atoms with E-state index < -0.39 is 0 Å². The van der Waals surface area contributed by atoms with Crippen LogP contribution in [0.3, 0.4) is 0 Å². The first-order valence-electron chi connectivity index (χ1n) is 7.63. The van der Waals surface area contributed by atoms with E-state index in [0.717, 1.165) is 29.6 Å². The summed E-state index contributed by atoms with van der Waals surface area (Å²) in [6.45, 7) is 3.12. The lowest BCUT2D eigenvalue weighted by atomic mass is 9.85. The third-order valence-corrected chi connectivity index (χ3v) is 4.60. The highest BCUT2D eigenvalue weighted by Crippen LogP contribution is 2.32. The van der Waals surface area contributed by atoms with Crippen molar-refractivity contribution < 1.29 is 0 Å². The molecule has 0 spiro atoms. The van der Waals surface area contributed by atoms with Gasteiger partial charge in [0.15, 0.2) is 0 Å². The van der Waals surface area contributed by atoms with Crippen molar-refractivity contribution in [2.24, 2.45) is 13.0 Å². The van der Waals surface area contributed by atoms with E-state index in [9.17, 15) is 0 Å². The van der Waals surface area contributed by atoms with Gasteiger partial charge in [-0.15, -0.1) is 0 Å². The van der Waals surface area contributed by atoms with Crippen LogP contribution >= 0.6 is 11.6 Å². The molecule has 0 saturated heterocycles. The molecule has 0 bridgehead atoms. The van der Waals surface area contributed by atoms with Gasteiger partial charge in [0.05, 0.1) is 23.0 Å². The molecule has 0 aromatic carbocycles. The van der Waals surface area contributed by atoms with Gasteiger partial charge in [-0.1, -0.05) is 50.6 Å². The number of nitrogens with one attached hydrogen (secondary N) is 1. The van der Waals surface area contributed by atoms with E-state index in [2.05, 4.69) is 17.3 Å². The smallest absolute Gasteiger partial charge is 0.0833 e. The molecule has 2 rings (SSSR count). The Morgan fingerprint density at radius 3 is 2.74 bits per heavy atom. The molecule has 0 radical (unpaired) electrons. The van der Waals surface area contributed by atoms with E-state index in [0.29, 0.717) is 6.04 Å². The third-order valence-electron chi connectivity index (χ3n) is 4.31. The molecule has 1 atom stereocenters. The van der Waals surface area contributed by atoms with Crippen molar-refractivity contribution in [3.63, 3.8) is 0 Å². The summed E-state index contributed by atoms with van der Waals surface area (Å²) in [6.07, 6.45) is 11.3. The van der Waals surface area contributed by atoms with E-state index >= 15 is 0 Å². The molecule has 1 unspecified atom stereocenters. The molecule has 1 aromatic heterocycles. The van der Waals surface area contributed by atoms with Crippen molar-refractivity contribution in [1.82, 2.24) is 15.1 Å². The van der Waals surface area contributed by atoms with Crippen molar-refractivity contribution in [3.05, 3.63) is 16.9 Å². The first kappa shape index (κ1) is 14.9. The quantitative estimate of drug-likeness (QED) is 0.852. The predicted molar refractivity (Wildman–Crippen MR) is 80.4 cm³/mol. The highest BCUT2D eigenvalue weighted by molar-refractivity contribution is 6.31. The standard InChI is InChI=1S/C15H26ClN3/c1-3-17-14(15-13(16)11-18-19(15)2)10-9-12-7-5-4-6-8-12/h11-12,14,17H,3-10H2,1-2H3. The average Bonchev–Trinajstić information content (AvgIpc) is 2.76. The fourth-order valence-electron chi connectivity index (χ4n) is 3.27. The molecule has 4 heteroatoms. The maximum Gasteiger partial charge on any atom is 0.0833 e. The maximum absolute atomic E-state index is 6.27. The number of halogens is 1. The summed E-state index contributed by atoms with van der Waals surface area (Å²) in [7, 11) is 1.98. The van der Waals surface area contributed by atoms with Crippen molar-refractivity contribution in [1.29, 1.82) is 0 Å². The van der Waals surface area contributed by atoms with E-state index in [-0.39, 0.29) is 0 Å². The number of aromatic nitrogens is 2. The topological polar surface area (TPSA) is 29.9 Å². The van der Waals surface area contributed by atoms with Crippen molar-refractivity contribution in [3.8, 4) is 0 Å². The van der Waals surface area contributed by atoms with Crippen LogP contribution in [0.5, 0.6) is 0 Å². The minimum absolute atomic E-state index is 0.340. The molecule has 1 fully saturated rings. The van der Waals surface area contributed by atoms with Gasteiger partial charge in [-0.25, -0.2) is 0 Å². The Morgan fingerprint density at radius 2 is 2.16 bits per heavy atom. The minimum Gasteiger partial charge on any atom is -0.309 e. The summed E-state index contributed by atoms with van der Waals surface area (Å²) in [4.78, 5) is 0. The van der Waals surface area contributed by atoms with Gasteiger partial charge in [-0.05, 0) is 25.3 Å². The first-order chi connectivity index (χ1) is 9.22. The molecule has 1 aromatic rings. The van der Waals surface area contributed by atoms with Crippen LogP contribution in [0.15, 0.2) is 6.20 Å². The second-order valence-corrected chi connectivity index (χ2v) is 6.10. The van der Waals surface area contributed by atoms with Crippen molar-refractivity contribution in [2.45, 2.75) is 57.9 Å². The minimum atomic E-state index is 0.340. The highest BCUT2D eigenvalue weighted by Gasteiger charge is 2.21. The Hall–Kier alpha value is -0.540. The van der Waals surface area contributed by atoms with Crippen molar-refractivity contribution in [2.75, 3.05) is 6.54 Å². The highest BCUT2D eigenvalue weighted by atomic mass is 35.5. The Balaban J connectivity index is 1.96. The molecule has 0 aliphatic heterocycles. The molecular formula is C15H26ClN3. The summed E-state index contributed by atoms with van der Waals surface area (Å²) in [5.41, 5.74) is 1.14. The lowest BCUT2D eigenvalue weighted by Crippen LogP contribution is -2.24. The molecule has 0 amide bonds. The fraction of sp³-hybridized carbons (Fsp3) is 0.800. The van der Waals surface area contributed by atoms with Gasteiger partial charge >= 0.3 is 0 Å². The Morgan fingerprint density at radius 1 is 1.42 bits per heavy atom. The normalized spacial score (nSPS) is 18.7. The molecule has 1 N–H and O–H groups in total. The Kier molecular flexibility index (Phi) is 5.71. The number of aryl methyl sites for hydroxylation is 1. The summed E-state index contributed by atoms with van der Waals surface area (Å²) >= 11 is 6.27. The largest absolute Gasteiger partial charge is 0.309 e. The molecule has 1 saturated carbocycles. The fourth-order valence-corrected chi connectivity index (χ4v) is 3.57. The third kappa shape index (κ3) is 3.96. The van der Waals surface area contributed by atoms with Crippen LogP contribution in [0.25, 0.3) is 0 Å². The molecule has 19 heavy (non-hydrogen) atoms. The lowest BCUT2D eigenvalue weighted by Gasteiger charge is -2.25.